The van der Waals surface area contributed by atoms with Gasteiger partial charge in [-0.2, -0.15) is 0 Å². The largest absolute Gasteiger partial charge is 0.478 e. The van der Waals surface area contributed by atoms with Gasteiger partial charge in [0.05, 0.1) is 31.0 Å². The zero-order valence-corrected chi connectivity index (χ0v) is 10.3. The van der Waals surface area contributed by atoms with Gasteiger partial charge >= 0.3 is 12.0 Å². The van der Waals surface area contributed by atoms with E-state index in [1.807, 2.05) is 0 Å². The van der Waals surface area contributed by atoms with Crippen molar-refractivity contribution in [3.8, 4) is 0 Å². The second-order valence-electron chi connectivity index (χ2n) is 4.44. The number of nitrogens with one attached hydrogen (secondary N) is 1. The lowest BCUT2D eigenvalue weighted by molar-refractivity contribution is 0.0572. The fourth-order valence-corrected chi connectivity index (χ4v) is 1.98. The van der Waals surface area contributed by atoms with Crippen molar-refractivity contribution < 1.29 is 29.3 Å². The Morgan fingerprint density at radius 1 is 1.25 bits per heavy atom. The van der Waals surface area contributed by atoms with Crippen LogP contribution in [0.3, 0.4) is 0 Å². The summed E-state index contributed by atoms with van der Waals surface area (Å²) in [4.78, 5) is 24.0. The molecule has 1 saturated heterocycles. The summed E-state index contributed by atoms with van der Waals surface area (Å²) in [5.74, 6) is -2.46. The van der Waals surface area contributed by atoms with Crippen LogP contribution in [-0.2, 0) is 0 Å². The van der Waals surface area contributed by atoms with Gasteiger partial charge in [-0.25, -0.2) is 14.0 Å². The van der Waals surface area contributed by atoms with Gasteiger partial charge in [0.2, 0.25) is 0 Å². The number of amides is 2. The maximum atomic E-state index is 13.4. The summed E-state index contributed by atoms with van der Waals surface area (Å²) in [5, 5.41) is 29.9. The van der Waals surface area contributed by atoms with Crippen molar-refractivity contribution in [1.82, 2.24) is 4.90 Å². The van der Waals surface area contributed by atoms with Crippen molar-refractivity contribution in [2.24, 2.45) is 0 Å². The van der Waals surface area contributed by atoms with Gasteiger partial charge in [-0.1, -0.05) is 6.07 Å². The Morgan fingerprint density at radius 3 is 2.40 bits per heavy atom. The second kappa shape index (κ2) is 5.43. The van der Waals surface area contributed by atoms with Crippen LogP contribution in [0.15, 0.2) is 18.2 Å². The zero-order valence-electron chi connectivity index (χ0n) is 10.3. The number of aliphatic hydroxyl groups excluding tert-OH is 2. The van der Waals surface area contributed by atoms with Crippen molar-refractivity contribution in [3.05, 3.63) is 29.6 Å². The van der Waals surface area contributed by atoms with Gasteiger partial charge in [0, 0.05) is 0 Å². The Bertz CT molecular complexity index is 541. The molecule has 108 valence electrons. The highest BCUT2D eigenvalue weighted by atomic mass is 19.1. The van der Waals surface area contributed by atoms with Crippen LogP contribution in [0, 0.1) is 5.82 Å². The fourth-order valence-electron chi connectivity index (χ4n) is 1.98. The summed E-state index contributed by atoms with van der Waals surface area (Å²) in [7, 11) is 0. The Morgan fingerprint density at radius 2 is 1.85 bits per heavy atom. The third-order valence-corrected chi connectivity index (χ3v) is 3.02. The predicted octanol–water partition coefficient (Wildman–Crippen LogP) is 0.0932. The minimum absolute atomic E-state index is 0.0787. The number of hydrogen-bond donors (Lipinski definition) is 4. The van der Waals surface area contributed by atoms with Crippen molar-refractivity contribution in [2.45, 2.75) is 12.2 Å². The van der Waals surface area contributed by atoms with Crippen LogP contribution in [0.2, 0.25) is 0 Å². The van der Waals surface area contributed by atoms with Gasteiger partial charge in [-0.3, -0.25) is 0 Å². The molecule has 1 aliphatic rings. The average Bonchev–Trinajstić information content (AvgIpc) is 2.69. The lowest BCUT2D eigenvalue weighted by atomic mass is 10.1. The monoisotopic (exact) mass is 284 g/mol. The van der Waals surface area contributed by atoms with E-state index in [2.05, 4.69) is 5.32 Å². The molecule has 2 unspecified atom stereocenters. The number of likely N-dealkylation sites (tertiary alicyclic amines) is 1. The molecule has 2 atom stereocenters. The third kappa shape index (κ3) is 2.70. The molecule has 0 spiro atoms. The first-order chi connectivity index (χ1) is 9.40. The molecule has 1 aromatic carbocycles. The fraction of sp³-hybridized carbons (Fsp3) is 0.333. The van der Waals surface area contributed by atoms with Crippen LogP contribution >= 0.6 is 0 Å². The molecule has 4 N–H and O–H groups in total. The number of carboxylic acids is 1. The van der Waals surface area contributed by atoms with Crippen LogP contribution in [-0.4, -0.2) is 57.5 Å². The smallest absolute Gasteiger partial charge is 0.340 e. The number of hydrogen-bond acceptors (Lipinski definition) is 4. The Labute approximate surface area is 113 Å². The topological polar surface area (TPSA) is 110 Å². The molecule has 2 amide bonds. The standard InChI is InChI=1S/C12H13FN2O5/c13-6-2-1-3-7(10(6)11(18)19)14-12(20)15-4-8(16)9(17)5-15/h1-3,8-9,16-17H,4-5H2,(H,14,20)(H,18,19). The van der Waals surface area contributed by atoms with Crippen LogP contribution in [0.25, 0.3) is 0 Å². The quantitative estimate of drug-likeness (QED) is 0.615. The Balaban J connectivity index is 2.17. The lowest BCUT2D eigenvalue weighted by Crippen LogP contribution is -2.34. The molecule has 20 heavy (non-hydrogen) atoms. The normalized spacial score (nSPS) is 21.9. The summed E-state index contributed by atoms with van der Waals surface area (Å²) >= 11 is 0. The summed E-state index contributed by atoms with van der Waals surface area (Å²) in [6, 6.07) is 2.79. The molecule has 2 rings (SSSR count). The van der Waals surface area contributed by atoms with E-state index < -0.39 is 35.6 Å². The highest BCUT2D eigenvalue weighted by Crippen LogP contribution is 2.20. The summed E-state index contributed by atoms with van der Waals surface area (Å²) in [6.45, 7) is -0.157. The zero-order chi connectivity index (χ0) is 14.9. The number of halogens is 1. The predicted molar refractivity (Wildman–Crippen MR) is 66.0 cm³/mol. The molecule has 8 heteroatoms. The van der Waals surface area contributed by atoms with Crippen LogP contribution in [0.5, 0.6) is 0 Å². The Hall–Kier alpha value is -2.19. The molecule has 0 radical (unpaired) electrons. The summed E-state index contributed by atoms with van der Waals surface area (Å²) < 4.78 is 13.4. The molecule has 0 saturated carbocycles. The number of β-amino-alcohol motifs (C(OH)–C–C–N with tert-alkyl or cyclic N) is 2. The summed E-state index contributed by atoms with van der Waals surface area (Å²) in [5.41, 5.74) is -0.820. The number of carbonyl (C=O) groups is 2. The van der Waals surface area contributed by atoms with E-state index in [1.165, 1.54) is 12.1 Å². The molecule has 1 fully saturated rings. The van der Waals surface area contributed by atoms with E-state index in [9.17, 15) is 24.2 Å². The minimum Gasteiger partial charge on any atom is -0.478 e. The number of carbonyl (C=O) groups excluding carboxylic acids is 1. The lowest BCUT2D eigenvalue weighted by Gasteiger charge is -2.17. The highest BCUT2D eigenvalue weighted by molar-refractivity contribution is 6.00. The highest BCUT2D eigenvalue weighted by Gasteiger charge is 2.33. The molecular weight excluding hydrogens is 271 g/mol. The van der Waals surface area contributed by atoms with Gasteiger partial charge in [0.15, 0.2) is 0 Å². The van der Waals surface area contributed by atoms with Gasteiger partial charge < -0.3 is 25.5 Å². The van der Waals surface area contributed by atoms with E-state index >= 15 is 0 Å². The second-order valence-corrected chi connectivity index (χ2v) is 4.44. The van der Waals surface area contributed by atoms with Crippen molar-refractivity contribution >= 4 is 17.7 Å². The van der Waals surface area contributed by atoms with E-state index in [-0.39, 0.29) is 18.8 Å². The van der Waals surface area contributed by atoms with Crippen molar-refractivity contribution in [2.75, 3.05) is 18.4 Å². The first-order valence-corrected chi connectivity index (χ1v) is 5.84. The van der Waals surface area contributed by atoms with Gasteiger partial charge in [-0.05, 0) is 12.1 Å². The number of anilines is 1. The number of benzene rings is 1. The SMILES string of the molecule is O=C(O)c1c(F)cccc1NC(=O)N1CC(O)C(O)C1. The van der Waals surface area contributed by atoms with Crippen LogP contribution < -0.4 is 5.32 Å². The number of urea groups is 1. The molecule has 7 nitrogen and oxygen atoms in total. The van der Waals surface area contributed by atoms with E-state index in [1.54, 1.807) is 0 Å². The van der Waals surface area contributed by atoms with Crippen molar-refractivity contribution in [3.63, 3.8) is 0 Å². The number of nitrogens with zero attached hydrogens (tertiary/aromatic N) is 1. The van der Waals surface area contributed by atoms with Crippen LogP contribution in [0.4, 0.5) is 14.9 Å². The van der Waals surface area contributed by atoms with E-state index in [0.29, 0.717) is 0 Å². The average molecular weight is 284 g/mol. The first kappa shape index (κ1) is 14.2. The van der Waals surface area contributed by atoms with Gasteiger partial charge in [0.25, 0.3) is 0 Å². The molecule has 1 aliphatic heterocycles. The third-order valence-electron chi connectivity index (χ3n) is 3.02. The van der Waals surface area contributed by atoms with Crippen molar-refractivity contribution in [1.29, 1.82) is 0 Å². The minimum atomic E-state index is -1.50. The Kier molecular flexibility index (Phi) is 3.86. The molecule has 1 aromatic rings. The summed E-state index contributed by atoms with van der Waals surface area (Å²) in [6.07, 6.45) is -2.10. The molecular formula is C12H13FN2O5. The van der Waals surface area contributed by atoms with E-state index in [0.717, 1.165) is 11.0 Å². The number of aliphatic hydroxyl groups is 2. The number of aromatic carboxylic acids is 1. The van der Waals surface area contributed by atoms with Crippen LogP contribution in [0.1, 0.15) is 10.4 Å². The molecule has 0 bridgehead atoms. The number of rotatable bonds is 2. The molecule has 1 heterocycles. The van der Waals surface area contributed by atoms with Gasteiger partial charge in [-0.15, -0.1) is 0 Å². The molecule has 0 aliphatic carbocycles. The maximum absolute atomic E-state index is 13.4. The number of carboxylic acid groups (broad SMARTS) is 1. The van der Waals surface area contributed by atoms with E-state index in [4.69, 9.17) is 5.11 Å². The van der Waals surface area contributed by atoms with Gasteiger partial charge in [0.1, 0.15) is 11.4 Å². The first-order valence-electron chi connectivity index (χ1n) is 5.84. The molecule has 0 aromatic heterocycles. The maximum Gasteiger partial charge on any atom is 0.340 e.